The van der Waals surface area contributed by atoms with Crippen molar-refractivity contribution in [1.29, 1.82) is 0 Å². The van der Waals surface area contributed by atoms with Gasteiger partial charge in [-0.05, 0) is 49.9 Å². The van der Waals surface area contributed by atoms with Crippen molar-refractivity contribution in [1.82, 2.24) is 10.3 Å². The van der Waals surface area contributed by atoms with Crippen molar-refractivity contribution in [3.8, 4) is 5.75 Å². The third-order valence-corrected chi connectivity index (χ3v) is 4.62. The lowest BCUT2D eigenvalue weighted by atomic mass is 9.96. The van der Waals surface area contributed by atoms with Gasteiger partial charge in [0, 0.05) is 37.7 Å². The fourth-order valence-electron chi connectivity index (χ4n) is 3.04. The SMILES string of the molecule is Cc1ccc(OCC(=O)NCC2CCN(c3ccncc3)CC2)cc1. The van der Waals surface area contributed by atoms with Crippen LogP contribution in [0.3, 0.4) is 0 Å². The van der Waals surface area contributed by atoms with Crippen LogP contribution in [0.1, 0.15) is 18.4 Å². The summed E-state index contributed by atoms with van der Waals surface area (Å²) in [5.41, 5.74) is 2.40. The highest BCUT2D eigenvalue weighted by atomic mass is 16.5. The van der Waals surface area contributed by atoms with E-state index in [0.29, 0.717) is 5.92 Å². The molecule has 1 aliphatic rings. The quantitative estimate of drug-likeness (QED) is 0.879. The average Bonchev–Trinajstić information content (AvgIpc) is 2.67. The Bertz CT molecular complexity index is 665. The van der Waals surface area contributed by atoms with E-state index in [1.54, 1.807) is 0 Å². The summed E-state index contributed by atoms with van der Waals surface area (Å²) in [7, 11) is 0. The van der Waals surface area contributed by atoms with Crippen molar-refractivity contribution in [2.24, 2.45) is 5.92 Å². The van der Waals surface area contributed by atoms with Crippen molar-refractivity contribution in [2.75, 3.05) is 31.1 Å². The molecule has 25 heavy (non-hydrogen) atoms. The number of aromatic nitrogens is 1. The minimum absolute atomic E-state index is 0.0582. The Balaban J connectivity index is 1.35. The minimum Gasteiger partial charge on any atom is -0.484 e. The molecule has 0 saturated carbocycles. The van der Waals surface area contributed by atoms with Crippen molar-refractivity contribution in [3.63, 3.8) is 0 Å². The molecule has 1 fully saturated rings. The lowest BCUT2D eigenvalue weighted by Gasteiger charge is -2.33. The Morgan fingerprint density at radius 2 is 1.84 bits per heavy atom. The number of benzene rings is 1. The van der Waals surface area contributed by atoms with Gasteiger partial charge in [-0.15, -0.1) is 0 Å². The molecule has 1 amide bonds. The van der Waals surface area contributed by atoms with E-state index in [-0.39, 0.29) is 12.5 Å². The van der Waals surface area contributed by atoms with Crippen LogP contribution in [0.4, 0.5) is 5.69 Å². The Labute approximate surface area is 149 Å². The molecule has 1 saturated heterocycles. The lowest BCUT2D eigenvalue weighted by Crippen LogP contribution is -2.39. The van der Waals surface area contributed by atoms with Crippen LogP contribution in [-0.2, 0) is 4.79 Å². The Kier molecular flexibility index (Phi) is 5.88. The third kappa shape index (κ3) is 5.21. The molecule has 2 aromatic rings. The topological polar surface area (TPSA) is 54.5 Å². The Morgan fingerprint density at radius 3 is 2.52 bits per heavy atom. The van der Waals surface area contributed by atoms with Crippen molar-refractivity contribution < 1.29 is 9.53 Å². The van der Waals surface area contributed by atoms with Crippen LogP contribution >= 0.6 is 0 Å². The molecule has 0 aliphatic carbocycles. The number of hydrogen-bond acceptors (Lipinski definition) is 4. The van der Waals surface area contributed by atoms with Gasteiger partial charge >= 0.3 is 0 Å². The fourth-order valence-corrected chi connectivity index (χ4v) is 3.04. The average molecular weight is 339 g/mol. The van der Waals surface area contributed by atoms with Crippen LogP contribution in [0.2, 0.25) is 0 Å². The molecule has 0 bridgehead atoms. The van der Waals surface area contributed by atoms with Gasteiger partial charge in [0.25, 0.3) is 5.91 Å². The molecule has 3 rings (SSSR count). The van der Waals surface area contributed by atoms with Crippen LogP contribution in [0.25, 0.3) is 0 Å². The Hall–Kier alpha value is -2.56. The Morgan fingerprint density at radius 1 is 1.16 bits per heavy atom. The molecule has 0 unspecified atom stereocenters. The largest absolute Gasteiger partial charge is 0.484 e. The molecule has 132 valence electrons. The van der Waals surface area contributed by atoms with Crippen molar-refractivity contribution in [3.05, 3.63) is 54.4 Å². The zero-order valence-corrected chi connectivity index (χ0v) is 14.6. The smallest absolute Gasteiger partial charge is 0.257 e. The molecule has 0 spiro atoms. The molecule has 5 nitrogen and oxygen atoms in total. The maximum atomic E-state index is 12.0. The number of ether oxygens (including phenoxy) is 1. The highest BCUT2D eigenvalue weighted by Crippen LogP contribution is 2.22. The number of piperidine rings is 1. The van der Waals surface area contributed by atoms with Gasteiger partial charge in [-0.1, -0.05) is 17.7 Å². The summed E-state index contributed by atoms with van der Waals surface area (Å²) in [6.07, 6.45) is 5.83. The second kappa shape index (κ2) is 8.51. The van der Waals surface area contributed by atoms with Gasteiger partial charge in [0.1, 0.15) is 5.75 Å². The number of rotatable bonds is 6. The molecule has 1 aliphatic heterocycles. The third-order valence-electron chi connectivity index (χ3n) is 4.62. The first-order valence-electron chi connectivity index (χ1n) is 8.82. The highest BCUT2D eigenvalue weighted by molar-refractivity contribution is 5.77. The maximum Gasteiger partial charge on any atom is 0.257 e. The van der Waals surface area contributed by atoms with Crippen molar-refractivity contribution in [2.45, 2.75) is 19.8 Å². The number of nitrogens with zero attached hydrogens (tertiary/aromatic N) is 2. The first kappa shape index (κ1) is 17.3. The van der Waals surface area contributed by atoms with Crippen LogP contribution in [0, 0.1) is 12.8 Å². The fraction of sp³-hybridized carbons (Fsp3) is 0.400. The molecule has 1 N–H and O–H groups in total. The number of aryl methyl sites for hydroxylation is 1. The van der Waals surface area contributed by atoms with Gasteiger partial charge in [0.05, 0.1) is 0 Å². The molecule has 1 aromatic carbocycles. The minimum atomic E-state index is -0.0582. The number of carbonyl (C=O) groups excluding carboxylic acids is 1. The van der Waals surface area contributed by atoms with Gasteiger partial charge < -0.3 is 15.0 Å². The first-order valence-corrected chi connectivity index (χ1v) is 8.82. The number of nitrogens with one attached hydrogen (secondary N) is 1. The second-order valence-electron chi connectivity index (χ2n) is 6.54. The second-order valence-corrected chi connectivity index (χ2v) is 6.54. The summed E-state index contributed by atoms with van der Waals surface area (Å²) >= 11 is 0. The van der Waals surface area contributed by atoms with Crippen molar-refractivity contribution >= 4 is 11.6 Å². The molecule has 0 atom stereocenters. The number of pyridine rings is 1. The van der Waals surface area contributed by atoms with E-state index < -0.39 is 0 Å². The number of anilines is 1. The van der Waals surface area contributed by atoms with E-state index in [1.807, 2.05) is 55.7 Å². The first-order chi connectivity index (χ1) is 12.2. The number of amides is 1. The summed E-state index contributed by atoms with van der Waals surface area (Å²) in [5, 5.41) is 3.00. The van der Waals surface area contributed by atoms with Gasteiger partial charge in [-0.25, -0.2) is 0 Å². The molecular formula is C20H25N3O2. The predicted octanol–water partition coefficient (Wildman–Crippen LogP) is 2.80. The molecule has 1 aromatic heterocycles. The normalized spacial score (nSPS) is 15.0. The van der Waals surface area contributed by atoms with E-state index >= 15 is 0 Å². The standard InChI is InChI=1S/C20H25N3O2/c1-16-2-4-19(5-3-16)25-15-20(24)22-14-17-8-12-23(13-9-17)18-6-10-21-11-7-18/h2-7,10-11,17H,8-9,12-15H2,1H3,(H,22,24). The molecule has 2 heterocycles. The summed E-state index contributed by atoms with van der Waals surface area (Å²) in [4.78, 5) is 18.4. The zero-order valence-electron chi connectivity index (χ0n) is 14.6. The summed E-state index contributed by atoms with van der Waals surface area (Å²) in [6.45, 7) is 4.85. The van der Waals surface area contributed by atoms with Crippen LogP contribution in [0.15, 0.2) is 48.8 Å². The van der Waals surface area contributed by atoms with Gasteiger partial charge in [-0.2, -0.15) is 0 Å². The number of carbonyl (C=O) groups is 1. The number of hydrogen-bond donors (Lipinski definition) is 1. The van der Waals surface area contributed by atoms with E-state index in [4.69, 9.17) is 4.74 Å². The van der Waals surface area contributed by atoms with Gasteiger partial charge in [0.2, 0.25) is 0 Å². The summed E-state index contributed by atoms with van der Waals surface area (Å²) in [6, 6.07) is 11.8. The predicted molar refractivity (Wildman–Crippen MR) is 98.9 cm³/mol. The van der Waals surface area contributed by atoms with E-state index in [1.165, 1.54) is 11.3 Å². The van der Waals surface area contributed by atoms with Gasteiger partial charge in [0.15, 0.2) is 6.61 Å². The molecule has 5 heteroatoms. The van der Waals surface area contributed by atoms with Crippen LogP contribution in [-0.4, -0.2) is 37.1 Å². The zero-order chi connectivity index (χ0) is 17.5. The monoisotopic (exact) mass is 339 g/mol. The van der Waals surface area contributed by atoms with Crippen LogP contribution in [0.5, 0.6) is 5.75 Å². The van der Waals surface area contributed by atoms with E-state index in [9.17, 15) is 4.79 Å². The highest BCUT2D eigenvalue weighted by Gasteiger charge is 2.19. The van der Waals surface area contributed by atoms with E-state index in [0.717, 1.165) is 38.2 Å². The molecular weight excluding hydrogens is 314 g/mol. The van der Waals surface area contributed by atoms with E-state index in [2.05, 4.69) is 15.2 Å². The maximum absolute atomic E-state index is 12.0. The lowest BCUT2D eigenvalue weighted by molar-refractivity contribution is -0.123. The summed E-state index contributed by atoms with van der Waals surface area (Å²) < 4.78 is 5.51. The van der Waals surface area contributed by atoms with Gasteiger partial charge in [-0.3, -0.25) is 9.78 Å². The molecule has 0 radical (unpaired) electrons. The van der Waals surface area contributed by atoms with Crippen LogP contribution < -0.4 is 15.0 Å². The summed E-state index contributed by atoms with van der Waals surface area (Å²) in [5.74, 6) is 1.20.